The van der Waals surface area contributed by atoms with E-state index in [1.54, 1.807) is 0 Å². The zero-order valence-corrected chi connectivity index (χ0v) is 19.4. The molecule has 4 unspecified atom stereocenters. The topological polar surface area (TPSA) is 97.5 Å². The summed E-state index contributed by atoms with van der Waals surface area (Å²) in [5.41, 5.74) is 0.479. The highest BCUT2D eigenvalue weighted by Gasteiger charge is 2.87. The van der Waals surface area contributed by atoms with Gasteiger partial charge in [-0.25, -0.2) is 13.6 Å². The first-order valence-corrected chi connectivity index (χ1v) is 11.8. The molecule has 0 aromatic heterocycles. The van der Waals surface area contributed by atoms with Crippen LogP contribution in [0.15, 0.2) is 39.2 Å². The van der Waals surface area contributed by atoms with Gasteiger partial charge in [0.25, 0.3) is 0 Å². The van der Waals surface area contributed by atoms with Gasteiger partial charge in [0.15, 0.2) is 4.33 Å². The van der Waals surface area contributed by atoms with Gasteiger partial charge in [-0.2, -0.15) is 0 Å². The fourth-order valence-electron chi connectivity index (χ4n) is 4.18. The molecular weight excluding hydrogens is 529 g/mol. The lowest BCUT2D eigenvalue weighted by molar-refractivity contribution is -0.141. The third kappa shape index (κ3) is 2.50. The monoisotopic (exact) mass is 536 g/mol. The smallest absolute Gasteiger partial charge is 0.238 e. The van der Waals surface area contributed by atoms with Crippen LogP contribution in [0.2, 0.25) is 0 Å². The normalized spacial score (nSPS) is 35.6. The van der Waals surface area contributed by atoms with Crippen LogP contribution in [0.1, 0.15) is 5.56 Å². The lowest BCUT2D eigenvalue weighted by Gasteiger charge is -2.34. The quantitative estimate of drug-likeness (QED) is 0.472. The zero-order chi connectivity index (χ0) is 21.7. The highest BCUT2D eigenvalue weighted by Crippen LogP contribution is 2.77. The van der Waals surface area contributed by atoms with Gasteiger partial charge in [0.05, 0.1) is 33.3 Å². The van der Waals surface area contributed by atoms with Crippen molar-refractivity contribution < 1.29 is 18.0 Å². The van der Waals surface area contributed by atoms with Crippen LogP contribution in [0, 0.1) is 11.8 Å². The molecular formula is C16H10Cl6N2O4S. The minimum Gasteiger partial charge on any atom is -0.277 e. The van der Waals surface area contributed by atoms with E-state index in [0.29, 0.717) is 5.56 Å². The second-order valence-electron chi connectivity index (χ2n) is 7.03. The Morgan fingerprint density at radius 3 is 1.69 bits per heavy atom. The molecule has 2 amide bonds. The van der Waals surface area contributed by atoms with Crippen LogP contribution in [0.25, 0.3) is 0 Å². The maximum Gasteiger partial charge on any atom is 0.238 e. The van der Waals surface area contributed by atoms with E-state index in [1.807, 2.05) is 0 Å². The Hall–Kier alpha value is -0.250. The van der Waals surface area contributed by atoms with E-state index in [4.69, 9.17) is 74.7 Å². The summed E-state index contributed by atoms with van der Waals surface area (Å²) in [4.78, 5) is 23.3. The van der Waals surface area contributed by atoms with Crippen molar-refractivity contribution in [3.05, 3.63) is 39.9 Å². The number of allylic oxidation sites excluding steroid dienone is 2. The predicted octanol–water partition coefficient (Wildman–Crippen LogP) is 3.28. The van der Waals surface area contributed by atoms with Crippen LogP contribution < -0.4 is 5.14 Å². The van der Waals surface area contributed by atoms with Crippen molar-refractivity contribution in [2.45, 2.75) is 25.5 Å². The van der Waals surface area contributed by atoms with Gasteiger partial charge in [0.2, 0.25) is 21.8 Å². The molecule has 4 atom stereocenters. The molecule has 2 aliphatic carbocycles. The van der Waals surface area contributed by atoms with Crippen molar-refractivity contribution in [1.82, 2.24) is 4.90 Å². The number of hydrogen-bond acceptors (Lipinski definition) is 4. The number of alkyl halides is 4. The fourth-order valence-corrected chi connectivity index (χ4v) is 7.62. The van der Waals surface area contributed by atoms with Gasteiger partial charge < -0.3 is 0 Å². The number of sulfonamides is 1. The molecule has 2 bridgehead atoms. The number of nitrogens with two attached hydrogens (primary N) is 1. The first-order valence-electron chi connectivity index (χ1n) is 7.99. The van der Waals surface area contributed by atoms with Crippen LogP contribution >= 0.6 is 69.6 Å². The summed E-state index contributed by atoms with van der Waals surface area (Å²) in [5.74, 6) is -3.72. The summed E-state index contributed by atoms with van der Waals surface area (Å²) in [6, 6.07) is 5.40. The standard InChI is InChI=1S/C16H10Cl6N2O4S/c17-10-11(18)15(20)9-8(14(10,19)16(15,21)22)12(25)24(13(9)26)5-6-1-3-7(4-2-6)29(23,27)28/h1-4,8-9H,5H2,(H2,23,27,28). The number of imide groups is 1. The van der Waals surface area contributed by atoms with Crippen molar-refractivity contribution in [3.63, 3.8) is 0 Å². The van der Waals surface area contributed by atoms with E-state index in [9.17, 15) is 18.0 Å². The van der Waals surface area contributed by atoms with E-state index < -0.39 is 47.8 Å². The third-order valence-corrected chi connectivity index (χ3v) is 10.8. The van der Waals surface area contributed by atoms with Crippen LogP contribution in [-0.4, -0.2) is 39.2 Å². The van der Waals surface area contributed by atoms with Crippen molar-refractivity contribution in [2.24, 2.45) is 17.0 Å². The molecule has 0 spiro atoms. The van der Waals surface area contributed by atoms with E-state index >= 15 is 0 Å². The Morgan fingerprint density at radius 1 is 0.897 bits per heavy atom. The molecule has 4 rings (SSSR count). The lowest BCUT2D eigenvalue weighted by atomic mass is 9.84. The molecule has 13 heteroatoms. The Labute approximate surface area is 195 Å². The number of halogens is 6. The molecule has 2 fully saturated rings. The first-order chi connectivity index (χ1) is 13.2. The number of amides is 2. The molecule has 1 aromatic rings. The summed E-state index contributed by atoms with van der Waals surface area (Å²) >= 11 is 38.5. The number of rotatable bonds is 3. The number of nitrogens with zero attached hydrogens (tertiary/aromatic N) is 1. The highest BCUT2D eigenvalue weighted by atomic mass is 35.5. The fraction of sp³-hybridized carbons (Fsp3) is 0.375. The minimum absolute atomic E-state index is 0.105. The number of likely N-dealkylation sites (tertiary alicyclic amines) is 1. The largest absolute Gasteiger partial charge is 0.277 e. The summed E-state index contributed by atoms with van der Waals surface area (Å²) in [6.07, 6.45) is 0. The Kier molecular flexibility index (Phi) is 4.84. The average molecular weight is 539 g/mol. The molecule has 1 saturated heterocycles. The number of fused-ring (bicyclic) bond motifs is 5. The second kappa shape index (κ2) is 6.39. The van der Waals surface area contributed by atoms with Gasteiger partial charge in [-0.3, -0.25) is 14.5 Å². The summed E-state index contributed by atoms with van der Waals surface area (Å²) in [7, 11) is -3.88. The molecule has 1 aromatic carbocycles. The maximum absolute atomic E-state index is 13.1. The van der Waals surface area contributed by atoms with Crippen LogP contribution in [-0.2, 0) is 26.2 Å². The molecule has 156 valence electrons. The molecule has 29 heavy (non-hydrogen) atoms. The predicted molar refractivity (Wildman–Crippen MR) is 111 cm³/mol. The van der Waals surface area contributed by atoms with Gasteiger partial charge in [-0.1, -0.05) is 58.5 Å². The van der Waals surface area contributed by atoms with Crippen molar-refractivity contribution in [1.29, 1.82) is 0 Å². The van der Waals surface area contributed by atoms with Gasteiger partial charge in [-0.15, -0.1) is 23.2 Å². The Balaban J connectivity index is 1.71. The van der Waals surface area contributed by atoms with Crippen molar-refractivity contribution >= 4 is 91.4 Å². The third-order valence-electron chi connectivity index (χ3n) is 5.59. The van der Waals surface area contributed by atoms with Gasteiger partial charge in [0.1, 0.15) is 9.75 Å². The summed E-state index contributed by atoms with van der Waals surface area (Å²) in [6.45, 7) is -0.150. The van der Waals surface area contributed by atoms with Gasteiger partial charge in [0, 0.05) is 0 Å². The molecule has 1 aliphatic heterocycles. The van der Waals surface area contributed by atoms with Crippen LogP contribution in [0.5, 0.6) is 0 Å². The van der Waals surface area contributed by atoms with E-state index in [-0.39, 0.29) is 21.5 Å². The van der Waals surface area contributed by atoms with E-state index in [2.05, 4.69) is 0 Å². The molecule has 6 nitrogen and oxygen atoms in total. The molecule has 3 aliphatic rings. The number of carbonyl (C=O) groups excluding carboxylic acids is 2. The molecule has 2 N–H and O–H groups in total. The van der Waals surface area contributed by atoms with Crippen LogP contribution in [0.3, 0.4) is 0 Å². The van der Waals surface area contributed by atoms with Crippen LogP contribution in [0.4, 0.5) is 0 Å². The van der Waals surface area contributed by atoms with E-state index in [1.165, 1.54) is 24.3 Å². The Morgan fingerprint density at radius 2 is 1.31 bits per heavy atom. The first kappa shape index (κ1) is 22.0. The highest BCUT2D eigenvalue weighted by molar-refractivity contribution is 7.89. The number of benzene rings is 1. The van der Waals surface area contributed by atoms with E-state index in [0.717, 1.165) is 4.90 Å². The average Bonchev–Trinajstić information content (AvgIpc) is 3.00. The minimum atomic E-state index is -3.88. The second-order valence-corrected chi connectivity index (χ2v) is 11.9. The maximum atomic E-state index is 13.1. The van der Waals surface area contributed by atoms with Gasteiger partial charge >= 0.3 is 0 Å². The molecule has 1 heterocycles. The Bertz CT molecular complexity index is 1060. The molecule has 0 radical (unpaired) electrons. The molecule has 1 saturated carbocycles. The van der Waals surface area contributed by atoms with Crippen molar-refractivity contribution in [3.8, 4) is 0 Å². The summed E-state index contributed by atoms with van der Waals surface area (Å²) in [5, 5.41) is 4.74. The SMILES string of the molecule is NS(=O)(=O)c1ccc(CN2C(=O)C3C(C2=O)C2(Cl)C(Cl)=C(Cl)C3(Cl)C2(Cl)Cl)cc1. The summed E-state index contributed by atoms with van der Waals surface area (Å²) < 4.78 is 20.8. The number of hydrogen-bond donors (Lipinski definition) is 1. The number of primary sulfonamides is 1. The van der Waals surface area contributed by atoms with Crippen molar-refractivity contribution in [2.75, 3.05) is 0 Å². The van der Waals surface area contributed by atoms with Gasteiger partial charge in [-0.05, 0) is 17.7 Å². The number of carbonyl (C=O) groups is 2. The zero-order valence-electron chi connectivity index (χ0n) is 14.0. The lowest BCUT2D eigenvalue weighted by Crippen LogP contribution is -2.49.